The van der Waals surface area contributed by atoms with E-state index in [0.717, 1.165) is 23.2 Å². The fourth-order valence-electron chi connectivity index (χ4n) is 2.06. The minimum Gasteiger partial charge on any atom is -0.481 e. The highest BCUT2D eigenvalue weighted by atomic mass is 16.4. The smallest absolute Gasteiger partial charge is 0.304 e. The standard InChI is InChI=1S/C15H21NO3/c1-4-11-8-6-7-10(3)14(11)16-15(19)12(5-2)9-13(17)18/h6-8,12H,4-5,9H2,1-3H3,(H,16,19)(H,17,18). The van der Waals surface area contributed by atoms with Gasteiger partial charge in [0.25, 0.3) is 0 Å². The Morgan fingerprint density at radius 2 is 2.00 bits per heavy atom. The van der Waals surface area contributed by atoms with E-state index in [2.05, 4.69) is 5.32 Å². The van der Waals surface area contributed by atoms with E-state index in [9.17, 15) is 9.59 Å². The van der Waals surface area contributed by atoms with Crippen LogP contribution in [0, 0.1) is 12.8 Å². The number of nitrogens with one attached hydrogen (secondary N) is 1. The molecule has 19 heavy (non-hydrogen) atoms. The minimum atomic E-state index is -0.942. The van der Waals surface area contributed by atoms with E-state index >= 15 is 0 Å². The summed E-state index contributed by atoms with van der Waals surface area (Å²) in [5.41, 5.74) is 2.88. The molecule has 0 radical (unpaired) electrons. The van der Waals surface area contributed by atoms with Gasteiger partial charge >= 0.3 is 5.97 Å². The number of para-hydroxylation sites is 1. The third kappa shape index (κ3) is 4.09. The number of rotatable bonds is 6. The molecule has 4 heteroatoms. The summed E-state index contributed by atoms with van der Waals surface area (Å²) >= 11 is 0. The first-order valence-electron chi connectivity index (χ1n) is 6.60. The van der Waals surface area contributed by atoms with Gasteiger partial charge < -0.3 is 10.4 Å². The Labute approximate surface area is 113 Å². The maximum absolute atomic E-state index is 12.1. The molecule has 1 atom stereocenters. The van der Waals surface area contributed by atoms with Gasteiger partial charge in [-0.2, -0.15) is 0 Å². The van der Waals surface area contributed by atoms with Crippen LogP contribution in [0.5, 0.6) is 0 Å². The van der Waals surface area contributed by atoms with Gasteiger partial charge in [-0.25, -0.2) is 0 Å². The Balaban J connectivity index is 2.89. The molecule has 1 aromatic carbocycles. The second kappa shape index (κ2) is 6.92. The van der Waals surface area contributed by atoms with Crippen molar-refractivity contribution in [1.29, 1.82) is 0 Å². The molecule has 0 bridgehead atoms. The summed E-state index contributed by atoms with van der Waals surface area (Å²) in [5, 5.41) is 11.7. The number of carbonyl (C=O) groups is 2. The van der Waals surface area contributed by atoms with Crippen LogP contribution in [0.3, 0.4) is 0 Å². The molecule has 0 heterocycles. The van der Waals surface area contributed by atoms with Gasteiger partial charge in [-0.3, -0.25) is 9.59 Å². The fraction of sp³-hybridized carbons (Fsp3) is 0.467. The summed E-state index contributed by atoms with van der Waals surface area (Å²) in [5.74, 6) is -1.64. The lowest BCUT2D eigenvalue weighted by molar-refractivity contribution is -0.140. The first-order chi connectivity index (χ1) is 8.99. The van der Waals surface area contributed by atoms with Crippen molar-refractivity contribution >= 4 is 17.6 Å². The molecule has 0 saturated carbocycles. The van der Waals surface area contributed by atoms with Gasteiger partial charge in [0.05, 0.1) is 6.42 Å². The summed E-state index contributed by atoms with van der Waals surface area (Å²) in [4.78, 5) is 22.9. The molecule has 104 valence electrons. The summed E-state index contributed by atoms with van der Waals surface area (Å²) in [6.07, 6.45) is 1.22. The van der Waals surface area contributed by atoms with Gasteiger partial charge in [-0.05, 0) is 30.9 Å². The molecule has 0 fully saturated rings. The van der Waals surface area contributed by atoms with E-state index in [0.29, 0.717) is 6.42 Å². The van der Waals surface area contributed by atoms with Crippen molar-refractivity contribution in [3.8, 4) is 0 Å². The van der Waals surface area contributed by atoms with Crippen LogP contribution in [0.2, 0.25) is 0 Å². The maximum Gasteiger partial charge on any atom is 0.304 e. The van der Waals surface area contributed by atoms with Crippen LogP contribution in [-0.4, -0.2) is 17.0 Å². The Hall–Kier alpha value is -1.84. The number of hydrogen-bond donors (Lipinski definition) is 2. The van der Waals surface area contributed by atoms with E-state index in [1.807, 2.05) is 39.0 Å². The lowest BCUT2D eigenvalue weighted by atomic mass is 10.00. The van der Waals surface area contributed by atoms with E-state index in [-0.39, 0.29) is 12.3 Å². The van der Waals surface area contributed by atoms with Crippen molar-refractivity contribution in [2.45, 2.75) is 40.0 Å². The third-order valence-corrected chi connectivity index (χ3v) is 3.27. The Morgan fingerprint density at radius 1 is 1.32 bits per heavy atom. The van der Waals surface area contributed by atoms with Crippen molar-refractivity contribution in [3.63, 3.8) is 0 Å². The monoisotopic (exact) mass is 263 g/mol. The number of carboxylic acid groups (broad SMARTS) is 1. The topological polar surface area (TPSA) is 66.4 Å². The highest BCUT2D eigenvalue weighted by Crippen LogP contribution is 2.22. The molecular weight excluding hydrogens is 242 g/mol. The van der Waals surface area contributed by atoms with Gasteiger partial charge in [0.1, 0.15) is 0 Å². The fourth-order valence-corrected chi connectivity index (χ4v) is 2.06. The van der Waals surface area contributed by atoms with Gasteiger partial charge in [0.2, 0.25) is 5.91 Å². The Morgan fingerprint density at radius 3 is 2.53 bits per heavy atom. The van der Waals surface area contributed by atoms with Gasteiger partial charge in [-0.15, -0.1) is 0 Å². The van der Waals surface area contributed by atoms with Crippen molar-refractivity contribution in [1.82, 2.24) is 0 Å². The highest BCUT2D eigenvalue weighted by Gasteiger charge is 2.21. The van der Waals surface area contributed by atoms with Crippen LogP contribution in [0.15, 0.2) is 18.2 Å². The van der Waals surface area contributed by atoms with Crippen LogP contribution in [-0.2, 0) is 16.0 Å². The largest absolute Gasteiger partial charge is 0.481 e. The van der Waals surface area contributed by atoms with Crippen LogP contribution in [0.4, 0.5) is 5.69 Å². The number of amides is 1. The van der Waals surface area contributed by atoms with Crippen LogP contribution in [0.25, 0.3) is 0 Å². The lowest BCUT2D eigenvalue weighted by Gasteiger charge is -2.17. The molecule has 0 spiro atoms. The molecular formula is C15H21NO3. The summed E-state index contributed by atoms with van der Waals surface area (Å²) in [6.45, 7) is 5.79. The third-order valence-electron chi connectivity index (χ3n) is 3.27. The van der Waals surface area contributed by atoms with Crippen molar-refractivity contribution < 1.29 is 14.7 Å². The van der Waals surface area contributed by atoms with Crippen molar-refractivity contribution in [3.05, 3.63) is 29.3 Å². The molecule has 4 nitrogen and oxygen atoms in total. The first-order valence-corrected chi connectivity index (χ1v) is 6.60. The molecule has 0 saturated heterocycles. The van der Waals surface area contributed by atoms with Crippen molar-refractivity contribution in [2.75, 3.05) is 5.32 Å². The number of aryl methyl sites for hydroxylation is 2. The second-order valence-corrected chi connectivity index (χ2v) is 4.65. The van der Waals surface area contributed by atoms with Crippen molar-refractivity contribution in [2.24, 2.45) is 5.92 Å². The van der Waals surface area contributed by atoms with E-state index in [1.165, 1.54) is 0 Å². The summed E-state index contributed by atoms with van der Waals surface area (Å²) < 4.78 is 0. The van der Waals surface area contributed by atoms with E-state index < -0.39 is 11.9 Å². The molecule has 1 amide bonds. The van der Waals surface area contributed by atoms with Gasteiger partial charge in [0.15, 0.2) is 0 Å². The van der Waals surface area contributed by atoms with Gasteiger partial charge in [-0.1, -0.05) is 32.0 Å². The van der Waals surface area contributed by atoms with Crippen LogP contribution < -0.4 is 5.32 Å². The Kier molecular flexibility index (Phi) is 5.55. The number of hydrogen-bond acceptors (Lipinski definition) is 2. The molecule has 0 aliphatic carbocycles. The predicted octanol–water partition coefficient (Wildman–Crippen LogP) is 3.00. The molecule has 1 unspecified atom stereocenters. The number of carboxylic acids is 1. The zero-order valence-electron chi connectivity index (χ0n) is 11.7. The van der Waals surface area contributed by atoms with Gasteiger partial charge in [0, 0.05) is 11.6 Å². The maximum atomic E-state index is 12.1. The normalized spacial score (nSPS) is 11.9. The summed E-state index contributed by atoms with van der Waals surface area (Å²) in [7, 11) is 0. The second-order valence-electron chi connectivity index (χ2n) is 4.65. The van der Waals surface area contributed by atoms with Crippen LogP contribution in [0.1, 0.15) is 37.8 Å². The number of anilines is 1. The molecule has 2 N–H and O–H groups in total. The average Bonchev–Trinajstić information content (AvgIpc) is 2.37. The quantitative estimate of drug-likeness (QED) is 0.829. The zero-order chi connectivity index (χ0) is 14.4. The summed E-state index contributed by atoms with van der Waals surface area (Å²) in [6, 6.07) is 5.87. The molecule has 1 aromatic rings. The highest BCUT2D eigenvalue weighted by molar-refractivity contribution is 5.95. The first kappa shape index (κ1) is 15.2. The predicted molar refractivity (Wildman–Crippen MR) is 75.2 cm³/mol. The number of aliphatic carboxylic acids is 1. The lowest BCUT2D eigenvalue weighted by Crippen LogP contribution is -2.25. The molecule has 0 aromatic heterocycles. The van der Waals surface area contributed by atoms with E-state index in [1.54, 1.807) is 0 Å². The average molecular weight is 263 g/mol. The molecule has 1 rings (SSSR count). The van der Waals surface area contributed by atoms with E-state index in [4.69, 9.17) is 5.11 Å². The number of benzene rings is 1. The Bertz CT molecular complexity index is 468. The number of carbonyl (C=O) groups excluding carboxylic acids is 1. The molecule has 0 aliphatic heterocycles. The minimum absolute atomic E-state index is 0.129. The zero-order valence-corrected chi connectivity index (χ0v) is 11.7. The van der Waals surface area contributed by atoms with Crippen LogP contribution >= 0.6 is 0 Å². The molecule has 0 aliphatic rings. The SMILES string of the molecule is CCc1cccc(C)c1NC(=O)C(CC)CC(=O)O.